The molecule has 96 valence electrons. The van der Waals surface area contributed by atoms with Crippen LogP contribution in [-0.2, 0) is 13.6 Å². The highest BCUT2D eigenvalue weighted by atomic mass is 35.5. The summed E-state index contributed by atoms with van der Waals surface area (Å²) in [5.74, 6) is 1.18. The Morgan fingerprint density at radius 1 is 1.33 bits per heavy atom. The first-order valence-electron chi connectivity index (χ1n) is 5.67. The lowest BCUT2D eigenvalue weighted by molar-refractivity contribution is 0.767. The van der Waals surface area contributed by atoms with Crippen LogP contribution in [-0.4, -0.2) is 26.3 Å². The molecule has 6 nitrogen and oxygen atoms in total. The van der Waals surface area contributed by atoms with Gasteiger partial charge in [0, 0.05) is 31.9 Å². The zero-order chi connectivity index (χ0) is 13.0. The SMILES string of the molecule is CCNc1ncc(Cl)c(NCc2cnn(C)c2)n1. The summed E-state index contributed by atoms with van der Waals surface area (Å²) < 4.78 is 1.75. The summed E-state index contributed by atoms with van der Waals surface area (Å²) in [6.45, 7) is 3.38. The predicted octanol–water partition coefficient (Wildman–Crippen LogP) is 1.91. The highest BCUT2D eigenvalue weighted by Gasteiger charge is 2.05. The van der Waals surface area contributed by atoms with Crippen LogP contribution in [0.2, 0.25) is 5.02 Å². The van der Waals surface area contributed by atoms with Gasteiger partial charge in [-0.25, -0.2) is 4.98 Å². The first-order valence-corrected chi connectivity index (χ1v) is 6.04. The Morgan fingerprint density at radius 3 is 2.83 bits per heavy atom. The van der Waals surface area contributed by atoms with Crippen molar-refractivity contribution in [2.75, 3.05) is 17.2 Å². The Hall–Kier alpha value is -1.82. The van der Waals surface area contributed by atoms with Crippen molar-refractivity contribution < 1.29 is 0 Å². The smallest absolute Gasteiger partial charge is 0.224 e. The maximum absolute atomic E-state index is 6.03. The topological polar surface area (TPSA) is 67.7 Å². The third kappa shape index (κ3) is 3.10. The summed E-state index contributed by atoms with van der Waals surface area (Å²) in [5.41, 5.74) is 1.07. The highest BCUT2D eigenvalue weighted by molar-refractivity contribution is 6.32. The third-order valence-corrected chi connectivity index (χ3v) is 2.57. The second-order valence-corrected chi connectivity index (χ2v) is 4.20. The van der Waals surface area contributed by atoms with E-state index in [4.69, 9.17) is 11.6 Å². The summed E-state index contributed by atoms with van der Waals surface area (Å²) in [7, 11) is 1.88. The fraction of sp³-hybridized carbons (Fsp3) is 0.364. The van der Waals surface area contributed by atoms with Gasteiger partial charge < -0.3 is 10.6 Å². The maximum atomic E-state index is 6.03. The van der Waals surface area contributed by atoms with E-state index in [2.05, 4.69) is 25.7 Å². The normalized spacial score (nSPS) is 10.4. The molecule has 2 heterocycles. The van der Waals surface area contributed by atoms with Crippen LogP contribution in [0.3, 0.4) is 0 Å². The molecule has 0 saturated heterocycles. The molecule has 0 spiro atoms. The summed E-state index contributed by atoms with van der Waals surface area (Å²) in [4.78, 5) is 8.37. The number of halogens is 1. The van der Waals surface area contributed by atoms with E-state index in [1.54, 1.807) is 17.1 Å². The molecule has 0 bridgehead atoms. The molecule has 7 heteroatoms. The standard InChI is InChI=1S/C11H15ClN6/c1-3-13-11-15-6-9(12)10(17-11)14-4-8-5-16-18(2)7-8/h5-7H,3-4H2,1-2H3,(H2,13,14,15,17). The molecule has 0 saturated carbocycles. The molecule has 0 radical (unpaired) electrons. The van der Waals surface area contributed by atoms with Gasteiger partial charge in [-0.3, -0.25) is 4.68 Å². The number of aryl methyl sites for hydroxylation is 1. The van der Waals surface area contributed by atoms with Gasteiger partial charge in [0.15, 0.2) is 5.82 Å². The molecule has 2 rings (SSSR count). The lowest BCUT2D eigenvalue weighted by Gasteiger charge is -2.08. The van der Waals surface area contributed by atoms with Gasteiger partial charge in [-0.05, 0) is 6.92 Å². The molecule has 0 aliphatic carbocycles. The minimum Gasteiger partial charge on any atom is -0.364 e. The van der Waals surface area contributed by atoms with Crippen LogP contribution < -0.4 is 10.6 Å². The van der Waals surface area contributed by atoms with Gasteiger partial charge in [-0.15, -0.1) is 0 Å². The molecule has 0 unspecified atom stereocenters. The second-order valence-electron chi connectivity index (χ2n) is 3.80. The van der Waals surface area contributed by atoms with E-state index in [0.29, 0.717) is 23.3 Å². The molecule has 2 N–H and O–H groups in total. The minimum atomic E-state index is 0.501. The van der Waals surface area contributed by atoms with Gasteiger partial charge in [0.1, 0.15) is 5.02 Å². The van der Waals surface area contributed by atoms with Crippen molar-refractivity contribution in [1.29, 1.82) is 0 Å². The van der Waals surface area contributed by atoms with Crippen molar-refractivity contribution in [3.05, 3.63) is 29.2 Å². The third-order valence-electron chi connectivity index (χ3n) is 2.30. The Labute approximate surface area is 110 Å². The molecular weight excluding hydrogens is 252 g/mol. The lowest BCUT2D eigenvalue weighted by Crippen LogP contribution is -2.06. The van der Waals surface area contributed by atoms with Crippen LogP contribution >= 0.6 is 11.6 Å². The second kappa shape index (κ2) is 5.68. The molecule has 0 fully saturated rings. The van der Waals surface area contributed by atoms with Crippen molar-refractivity contribution in [1.82, 2.24) is 19.7 Å². The molecule has 2 aromatic rings. The number of anilines is 2. The highest BCUT2D eigenvalue weighted by Crippen LogP contribution is 2.19. The predicted molar refractivity (Wildman–Crippen MR) is 71.7 cm³/mol. The number of aromatic nitrogens is 4. The van der Waals surface area contributed by atoms with E-state index in [1.807, 2.05) is 20.2 Å². The summed E-state index contributed by atoms with van der Waals surface area (Å²) in [6, 6.07) is 0. The fourth-order valence-electron chi connectivity index (χ4n) is 1.48. The lowest BCUT2D eigenvalue weighted by atomic mass is 10.3. The largest absolute Gasteiger partial charge is 0.364 e. The van der Waals surface area contributed by atoms with Gasteiger partial charge >= 0.3 is 0 Å². The van der Waals surface area contributed by atoms with E-state index < -0.39 is 0 Å². The van der Waals surface area contributed by atoms with Crippen LogP contribution in [0.5, 0.6) is 0 Å². The van der Waals surface area contributed by atoms with Crippen molar-refractivity contribution in [3.8, 4) is 0 Å². The number of nitrogens with one attached hydrogen (secondary N) is 2. The van der Waals surface area contributed by atoms with Crippen molar-refractivity contribution in [2.24, 2.45) is 7.05 Å². The number of rotatable bonds is 5. The minimum absolute atomic E-state index is 0.501. The van der Waals surface area contributed by atoms with Crippen LogP contribution in [0.1, 0.15) is 12.5 Å². The summed E-state index contributed by atoms with van der Waals surface area (Å²) in [5, 5.41) is 10.8. The Balaban J connectivity index is 2.05. The molecular formula is C11H15ClN6. The van der Waals surface area contributed by atoms with Gasteiger partial charge in [0.25, 0.3) is 0 Å². The van der Waals surface area contributed by atoms with Crippen LogP contribution in [0, 0.1) is 0 Å². The molecule has 0 atom stereocenters. The zero-order valence-corrected chi connectivity index (χ0v) is 11.1. The van der Waals surface area contributed by atoms with Gasteiger partial charge in [0.2, 0.25) is 5.95 Å². The Kier molecular flexibility index (Phi) is 3.99. The fourth-order valence-corrected chi connectivity index (χ4v) is 1.64. The number of hydrogen-bond acceptors (Lipinski definition) is 5. The van der Waals surface area contributed by atoms with Crippen LogP contribution in [0.25, 0.3) is 0 Å². The summed E-state index contributed by atoms with van der Waals surface area (Å²) in [6.07, 6.45) is 5.32. The maximum Gasteiger partial charge on any atom is 0.224 e. The molecule has 2 aromatic heterocycles. The number of nitrogens with zero attached hydrogens (tertiary/aromatic N) is 4. The zero-order valence-electron chi connectivity index (χ0n) is 10.3. The van der Waals surface area contributed by atoms with Crippen molar-refractivity contribution in [2.45, 2.75) is 13.5 Å². The molecule has 0 aliphatic heterocycles. The van der Waals surface area contributed by atoms with Crippen molar-refractivity contribution >= 4 is 23.4 Å². The molecule has 0 aromatic carbocycles. The van der Waals surface area contributed by atoms with Crippen molar-refractivity contribution in [3.63, 3.8) is 0 Å². The monoisotopic (exact) mass is 266 g/mol. The Bertz CT molecular complexity index is 524. The average molecular weight is 267 g/mol. The van der Waals surface area contributed by atoms with E-state index in [1.165, 1.54) is 0 Å². The van der Waals surface area contributed by atoms with E-state index in [0.717, 1.165) is 12.1 Å². The molecule has 18 heavy (non-hydrogen) atoms. The van der Waals surface area contributed by atoms with Crippen LogP contribution in [0.15, 0.2) is 18.6 Å². The molecule has 0 amide bonds. The first kappa shape index (κ1) is 12.6. The van der Waals surface area contributed by atoms with E-state index >= 15 is 0 Å². The van der Waals surface area contributed by atoms with E-state index in [9.17, 15) is 0 Å². The van der Waals surface area contributed by atoms with Gasteiger partial charge in [-0.1, -0.05) is 11.6 Å². The Morgan fingerprint density at radius 2 is 2.17 bits per heavy atom. The summed E-state index contributed by atoms with van der Waals surface area (Å²) >= 11 is 6.03. The van der Waals surface area contributed by atoms with Crippen LogP contribution in [0.4, 0.5) is 11.8 Å². The van der Waals surface area contributed by atoms with E-state index in [-0.39, 0.29) is 0 Å². The van der Waals surface area contributed by atoms with Gasteiger partial charge in [0.05, 0.1) is 12.4 Å². The first-order chi connectivity index (χ1) is 8.69. The number of hydrogen-bond donors (Lipinski definition) is 2. The van der Waals surface area contributed by atoms with Gasteiger partial charge in [-0.2, -0.15) is 10.1 Å². The molecule has 0 aliphatic rings. The average Bonchev–Trinajstić information content (AvgIpc) is 2.76. The quantitative estimate of drug-likeness (QED) is 0.865.